The van der Waals surface area contributed by atoms with Gasteiger partial charge in [-0.05, 0) is 40.2 Å². The van der Waals surface area contributed by atoms with Gasteiger partial charge >= 0.3 is 0 Å². The highest BCUT2D eigenvalue weighted by Crippen LogP contribution is 2.44. The molecule has 0 bridgehead atoms. The zero-order chi connectivity index (χ0) is 15.6. The summed E-state index contributed by atoms with van der Waals surface area (Å²) in [4.78, 5) is -0.106. The van der Waals surface area contributed by atoms with Crippen LogP contribution in [0.3, 0.4) is 0 Å². The molecule has 21 heavy (non-hydrogen) atoms. The Morgan fingerprint density at radius 3 is 2.33 bits per heavy atom. The zero-order valence-corrected chi connectivity index (χ0v) is 16.8. The summed E-state index contributed by atoms with van der Waals surface area (Å²) in [5.74, 6) is 1.52. The molecule has 0 saturated heterocycles. The third kappa shape index (κ3) is 3.76. The maximum Gasteiger partial charge on any atom is 0.137 e. The summed E-state index contributed by atoms with van der Waals surface area (Å²) in [6.45, 7) is 0. The number of alkyl halides is 1. The highest BCUT2D eigenvalue weighted by atomic mass is 79.9. The molecule has 1 atom stereocenters. The monoisotopic (exact) mass is 496 g/mol. The zero-order valence-electron chi connectivity index (χ0n) is 11.3. The first-order chi connectivity index (χ1) is 9.97. The maximum absolute atomic E-state index is 6.16. The minimum Gasteiger partial charge on any atom is -0.496 e. The van der Waals surface area contributed by atoms with E-state index in [1.54, 1.807) is 14.2 Å². The van der Waals surface area contributed by atoms with E-state index >= 15 is 0 Å². The van der Waals surface area contributed by atoms with E-state index in [0.29, 0.717) is 5.02 Å². The second-order valence-electron chi connectivity index (χ2n) is 4.26. The number of rotatable bonds is 4. The van der Waals surface area contributed by atoms with E-state index in [1.165, 1.54) is 0 Å². The van der Waals surface area contributed by atoms with Crippen LogP contribution >= 0.6 is 59.4 Å². The van der Waals surface area contributed by atoms with Gasteiger partial charge in [0, 0.05) is 20.6 Å². The van der Waals surface area contributed by atoms with Gasteiger partial charge in [-0.1, -0.05) is 49.5 Å². The van der Waals surface area contributed by atoms with Crippen LogP contribution in [0.1, 0.15) is 16.0 Å². The molecule has 0 spiro atoms. The van der Waals surface area contributed by atoms with Gasteiger partial charge in [-0.15, -0.1) is 0 Å². The van der Waals surface area contributed by atoms with Crippen LogP contribution in [0.2, 0.25) is 5.02 Å². The Hall–Kier alpha value is -0.230. The molecule has 0 saturated carbocycles. The number of halogens is 4. The fourth-order valence-electron chi connectivity index (χ4n) is 2.05. The number of hydrogen-bond donors (Lipinski definition) is 0. The van der Waals surface area contributed by atoms with Crippen molar-refractivity contribution >= 4 is 59.4 Å². The first-order valence-electron chi connectivity index (χ1n) is 5.98. The van der Waals surface area contributed by atoms with E-state index in [4.69, 9.17) is 21.1 Å². The summed E-state index contributed by atoms with van der Waals surface area (Å²) < 4.78 is 12.7. The van der Waals surface area contributed by atoms with Crippen LogP contribution in [0.4, 0.5) is 0 Å². The van der Waals surface area contributed by atoms with Gasteiger partial charge in [0.1, 0.15) is 11.5 Å². The van der Waals surface area contributed by atoms with Crippen molar-refractivity contribution in [2.75, 3.05) is 14.2 Å². The van der Waals surface area contributed by atoms with Crippen molar-refractivity contribution < 1.29 is 9.47 Å². The molecule has 112 valence electrons. The van der Waals surface area contributed by atoms with Crippen LogP contribution in [-0.4, -0.2) is 14.2 Å². The SMILES string of the molecule is COc1cc(Br)ccc1C(Br)c1cc(Cl)cc(Br)c1OC. The molecule has 2 aromatic carbocycles. The largest absolute Gasteiger partial charge is 0.496 e. The first-order valence-corrected chi connectivity index (χ1v) is 8.86. The smallest absolute Gasteiger partial charge is 0.137 e. The first kappa shape index (κ1) is 17.1. The molecule has 2 aromatic rings. The van der Waals surface area contributed by atoms with Crippen molar-refractivity contribution in [3.8, 4) is 11.5 Å². The van der Waals surface area contributed by atoms with Crippen LogP contribution in [0.25, 0.3) is 0 Å². The average Bonchev–Trinajstić information content (AvgIpc) is 2.45. The highest BCUT2D eigenvalue weighted by Gasteiger charge is 2.21. The molecule has 0 aliphatic rings. The second-order valence-corrected chi connectivity index (χ2v) is 7.38. The second kappa shape index (κ2) is 7.36. The van der Waals surface area contributed by atoms with Gasteiger partial charge in [-0.3, -0.25) is 0 Å². The van der Waals surface area contributed by atoms with E-state index in [2.05, 4.69) is 47.8 Å². The molecule has 0 aromatic heterocycles. The predicted molar refractivity (Wildman–Crippen MR) is 97.2 cm³/mol. The fourth-order valence-corrected chi connectivity index (χ4v) is 4.10. The molecular formula is C15H12Br3ClO2. The molecular weight excluding hydrogens is 487 g/mol. The van der Waals surface area contributed by atoms with Crippen molar-refractivity contribution in [1.29, 1.82) is 0 Å². The van der Waals surface area contributed by atoms with Gasteiger partial charge in [-0.2, -0.15) is 0 Å². The molecule has 2 rings (SSSR count). The summed E-state index contributed by atoms with van der Waals surface area (Å²) >= 11 is 16.8. The Bertz CT molecular complexity index is 662. The van der Waals surface area contributed by atoms with E-state index in [1.807, 2.05) is 30.3 Å². The van der Waals surface area contributed by atoms with Crippen LogP contribution in [-0.2, 0) is 0 Å². The summed E-state index contributed by atoms with van der Waals surface area (Å²) in [7, 11) is 3.28. The Labute approximate surface area is 154 Å². The summed E-state index contributed by atoms with van der Waals surface area (Å²) in [6.07, 6.45) is 0. The van der Waals surface area contributed by atoms with E-state index < -0.39 is 0 Å². The normalized spacial score (nSPS) is 12.1. The molecule has 6 heteroatoms. The molecule has 0 radical (unpaired) electrons. The Morgan fingerprint density at radius 2 is 1.71 bits per heavy atom. The lowest BCUT2D eigenvalue weighted by molar-refractivity contribution is 0.403. The van der Waals surface area contributed by atoms with Gasteiger partial charge in [0.05, 0.1) is 23.5 Å². The van der Waals surface area contributed by atoms with E-state index in [0.717, 1.165) is 31.6 Å². The molecule has 0 fully saturated rings. The summed E-state index contributed by atoms with van der Waals surface area (Å²) in [5.41, 5.74) is 1.92. The van der Waals surface area contributed by atoms with Gasteiger partial charge < -0.3 is 9.47 Å². The van der Waals surface area contributed by atoms with Gasteiger partial charge in [-0.25, -0.2) is 0 Å². The number of ether oxygens (including phenoxy) is 2. The van der Waals surface area contributed by atoms with Crippen molar-refractivity contribution in [1.82, 2.24) is 0 Å². The van der Waals surface area contributed by atoms with E-state index in [-0.39, 0.29) is 4.83 Å². The van der Waals surface area contributed by atoms with Gasteiger partial charge in [0.2, 0.25) is 0 Å². The van der Waals surface area contributed by atoms with Crippen molar-refractivity contribution in [3.63, 3.8) is 0 Å². The molecule has 2 nitrogen and oxygen atoms in total. The Balaban J connectivity index is 2.57. The third-order valence-electron chi connectivity index (χ3n) is 2.98. The predicted octanol–water partition coefficient (Wildman–Crippen LogP) is 6.37. The topological polar surface area (TPSA) is 18.5 Å². The Morgan fingerprint density at radius 1 is 1.00 bits per heavy atom. The maximum atomic E-state index is 6.16. The molecule has 0 aliphatic carbocycles. The number of hydrogen-bond acceptors (Lipinski definition) is 2. The van der Waals surface area contributed by atoms with Gasteiger partial charge in [0.25, 0.3) is 0 Å². The lowest BCUT2D eigenvalue weighted by atomic mass is 10.0. The van der Waals surface area contributed by atoms with Crippen molar-refractivity contribution in [2.24, 2.45) is 0 Å². The highest BCUT2D eigenvalue weighted by molar-refractivity contribution is 9.11. The van der Waals surface area contributed by atoms with Gasteiger partial charge in [0.15, 0.2) is 0 Å². The number of methoxy groups -OCH3 is 2. The lowest BCUT2D eigenvalue weighted by Crippen LogP contribution is -2.00. The summed E-state index contributed by atoms with van der Waals surface area (Å²) in [6, 6.07) is 9.58. The third-order valence-corrected chi connectivity index (χ3v) is 5.27. The fraction of sp³-hybridized carbons (Fsp3) is 0.200. The standard InChI is InChI=1S/C15H12Br3ClO2/c1-20-13-5-8(16)3-4-10(13)14(18)11-6-9(19)7-12(17)15(11)21-2/h3-7,14H,1-2H3. The van der Waals surface area contributed by atoms with Crippen molar-refractivity contribution in [3.05, 3.63) is 55.4 Å². The van der Waals surface area contributed by atoms with E-state index in [9.17, 15) is 0 Å². The summed E-state index contributed by atoms with van der Waals surface area (Å²) in [5, 5.41) is 0.637. The lowest BCUT2D eigenvalue weighted by Gasteiger charge is -2.19. The molecule has 0 amide bonds. The molecule has 0 N–H and O–H groups in total. The Kier molecular flexibility index (Phi) is 6.00. The van der Waals surface area contributed by atoms with Crippen LogP contribution in [0.15, 0.2) is 39.3 Å². The molecule has 0 aliphatic heterocycles. The minimum absolute atomic E-state index is 0.106. The quantitative estimate of drug-likeness (QED) is 0.456. The minimum atomic E-state index is -0.106. The van der Waals surface area contributed by atoms with Crippen molar-refractivity contribution in [2.45, 2.75) is 4.83 Å². The van der Waals surface area contributed by atoms with Crippen LogP contribution < -0.4 is 9.47 Å². The number of benzene rings is 2. The average molecular weight is 499 g/mol. The molecule has 1 unspecified atom stereocenters. The molecule has 0 heterocycles. The van der Waals surface area contributed by atoms with Crippen LogP contribution in [0, 0.1) is 0 Å². The van der Waals surface area contributed by atoms with Crippen LogP contribution in [0.5, 0.6) is 11.5 Å².